The zero-order valence-corrected chi connectivity index (χ0v) is 19.9. The van der Waals surface area contributed by atoms with Crippen molar-refractivity contribution in [3.8, 4) is 5.75 Å². The lowest BCUT2D eigenvalue weighted by Gasteiger charge is -2.19. The van der Waals surface area contributed by atoms with E-state index in [4.69, 9.17) is 27.8 Å². The Morgan fingerprint density at radius 3 is 2.30 bits per heavy atom. The minimum Gasteiger partial charge on any atom is -0.461 e. The van der Waals surface area contributed by atoms with Crippen molar-refractivity contribution in [2.75, 3.05) is 46.7 Å². The van der Waals surface area contributed by atoms with E-state index >= 15 is 0 Å². The van der Waals surface area contributed by atoms with Crippen LogP contribution in [0, 0.1) is 5.92 Å². The molecule has 0 bridgehead atoms. The molecule has 12 heteroatoms. The first-order valence-electron chi connectivity index (χ1n) is 10.5. The highest BCUT2D eigenvalue weighted by molar-refractivity contribution is 7.48. The zero-order valence-electron chi connectivity index (χ0n) is 19.0. The van der Waals surface area contributed by atoms with E-state index in [0.29, 0.717) is 0 Å². The Morgan fingerprint density at radius 1 is 1.06 bits per heavy atom. The Kier molecular flexibility index (Phi) is 11.0. The van der Waals surface area contributed by atoms with Crippen LogP contribution in [0.25, 0.3) is 0 Å². The average molecular weight is 487 g/mol. The maximum absolute atomic E-state index is 13.0. The van der Waals surface area contributed by atoms with Gasteiger partial charge >= 0.3 is 13.8 Å². The first-order chi connectivity index (χ1) is 15.7. The van der Waals surface area contributed by atoms with Crippen molar-refractivity contribution in [3.05, 3.63) is 29.8 Å². The number of carbonyl (C=O) groups is 3. The Balaban J connectivity index is 1.81. The molecule has 1 aromatic carbocycles. The van der Waals surface area contributed by atoms with Crippen LogP contribution in [0.2, 0.25) is 0 Å². The number of ether oxygens (including phenoxy) is 3. The van der Waals surface area contributed by atoms with Crippen LogP contribution in [0.1, 0.15) is 25.8 Å². The highest BCUT2D eigenvalue weighted by Gasteiger charge is 2.35. The molecule has 1 aromatic rings. The van der Waals surface area contributed by atoms with E-state index < -0.39 is 13.8 Å². The Bertz CT molecular complexity index is 844. The van der Waals surface area contributed by atoms with Gasteiger partial charge in [-0.2, -0.15) is 0 Å². The van der Waals surface area contributed by atoms with Gasteiger partial charge in [0.25, 0.3) is 0 Å². The van der Waals surface area contributed by atoms with Crippen LogP contribution in [0.4, 0.5) is 0 Å². The van der Waals surface area contributed by atoms with Crippen LogP contribution >= 0.6 is 7.82 Å². The Morgan fingerprint density at radius 2 is 1.73 bits per heavy atom. The summed E-state index contributed by atoms with van der Waals surface area (Å²) in [5.41, 5.74) is 0.728. The lowest BCUT2D eigenvalue weighted by Crippen LogP contribution is -2.33. The number of likely N-dealkylation sites (tertiary alicyclic amines) is 1. The molecule has 0 aromatic heterocycles. The number of benzene rings is 1. The van der Waals surface area contributed by atoms with Crippen molar-refractivity contribution in [1.29, 1.82) is 0 Å². The summed E-state index contributed by atoms with van der Waals surface area (Å²) in [5.74, 6) is -0.874. The van der Waals surface area contributed by atoms with Crippen molar-refractivity contribution in [2.45, 2.75) is 26.9 Å². The van der Waals surface area contributed by atoms with E-state index in [1.165, 1.54) is 18.9 Å². The number of phosphoric acid groups is 1. The molecule has 2 atom stereocenters. The van der Waals surface area contributed by atoms with Crippen LogP contribution in [-0.2, 0) is 48.8 Å². The quantitative estimate of drug-likeness (QED) is 0.157. The molecule has 1 fully saturated rings. The molecule has 11 nitrogen and oxygen atoms in total. The molecule has 0 aliphatic carbocycles. The number of methoxy groups -OCH3 is 1. The number of phosphoric ester groups is 1. The molecule has 2 amide bonds. The molecule has 0 saturated carbocycles. The highest BCUT2D eigenvalue weighted by atomic mass is 31.2. The van der Waals surface area contributed by atoms with Gasteiger partial charge in [0.1, 0.15) is 12.4 Å². The molecule has 184 valence electrons. The average Bonchev–Trinajstić information content (AvgIpc) is 3.01. The second kappa shape index (κ2) is 13.4. The van der Waals surface area contributed by atoms with Crippen LogP contribution in [0.3, 0.4) is 0 Å². The molecule has 0 spiro atoms. The van der Waals surface area contributed by atoms with E-state index in [2.05, 4.69) is 0 Å². The van der Waals surface area contributed by atoms with Gasteiger partial charge in [0, 0.05) is 26.4 Å². The summed E-state index contributed by atoms with van der Waals surface area (Å²) in [6, 6.07) is 6.41. The minimum atomic E-state index is -3.98. The van der Waals surface area contributed by atoms with Crippen LogP contribution in [0.5, 0.6) is 5.75 Å². The van der Waals surface area contributed by atoms with Crippen LogP contribution < -0.4 is 4.52 Å². The standard InChI is InChI=1S/C21H30NO10P/c1-16-14-20(24)22(21(16)25)8-9-28-11-13-31-33(26,30-12-10-27-3)32-19-6-4-18(5-7-19)15-29-17(2)23/h4-7,16H,8-15H2,1-3H3. The largest absolute Gasteiger partial charge is 0.530 e. The van der Waals surface area contributed by atoms with Gasteiger partial charge in [-0.15, -0.1) is 0 Å². The summed E-state index contributed by atoms with van der Waals surface area (Å²) in [4.78, 5) is 35.7. The van der Waals surface area contributed by atoms with E-state index in [1.807, 2.05) is 0 Å². The SMILES string of the molecule is COCCOP(=O)(OCCOCCN1C(=O)CC(C)C1=O)Oc1ccc(COC(C)=O)cc1. The highest BCUT2D eigenvalue weighted by Crippen LogP contribution is 2.49. The van der Waals surface area contributed by atoms with E-state index in [-0.39, 0.29) is 76.1 Å². The summed E-state index contributed by atoms with van der Waals surface area (Å²) in [5, 5.41) is 0. The van der Waals surface area contributed by atoms with Crippen molar-refractivity contribution in [2.24, 2.45) is 5.92 Å². The topological polar surface area (TPSA) is 127 Å². The number of esters is 1. The second-order valence-corrected chi connectivity index (χ2v) is 8.82. The number of hydrogen-bond donors (Lipinski definition) is 0. The fourth-order valence-electron chi connectivity index (χ4n) is 2.83. The van der Waals surface area contributed by atoms with Gasteiger partial charge in [-0.25, -0.2) is 4.57 Å². The third kappa shape index (κ3) is 9.23. The first-order valence-corrected chi connectivity index (χ1v) is 11.9. The van der Waals surface area contributed by atoms with Crippen molar-refractivity contribution in [1.82, 2.24) is 4.90 Å². The molecule has 1 aliphatic rings. The van der Waals surface area contributed by atoms with E-state index in [1.54, 1.807) is 31.2 Å². The lowest BCUT2D eigenvalue weighted by molar-refractivity contribution is -0.142. The van der Waals surface area contributed by atoms with Crippen LogP contribution in [0.15, 0.2) is 24.3 Å². The third-order valence-corrected chi connectivity index (χ3v) is 5.96. The summed E-state index contributed by atoms with van der Waals surface area (Å²) in [6.07, 6.45) is 0.214. The number of amides is 2. The molecule has 0 N–H and O–H groups in total. The number of hydrogen-bond acceptors (Lipinski definition) is 10. The number of imide groups is 1. The molecular weight excluding hydrogens is 457 g/mol. The Labute approximate surface area is 192 Å². The molecule has 1 heterocycles. The summed E-state index contributed by atoms with van der Waals surface area (Å²) < 4.78 is 44.2. The van der Waals surface area contributed by atoms with Gasteiger partial charge in [0.15, 0.2) is 0 Å². The molecule has 0 radical (unpaired) electrons. The summed E-state index contributed by atoms with van der Waals surface area (Å²) in [7, 11) is -2.50. The molecule has 2 rings (SSSR count). The first kappa shape index (κ1) is 26.9. The third-order valence-electron chi connectivity index (χ3n) is 4.53. The summed E-state index contributed by atoms with van der Waals surface area (Å²) >= 11 is 0. The number of nitrogens with zero attached hydrogens (tertiary/aromatic N) is 1. The molecule has 1 aliphatic heterocycles. The van der Waals surface area contributed by atoms with Crippen molar-refractivity contribution >= 4 is 25.6 Å². The van der Waals surface area contributed by atoms with E-state index in [9.17, 15) is 18.9 Å². The van der Waals surface area contributed by atoms with Crippen LogP contribution in [-0.4, -0.2) is 69.4 Å². The fourth-order valence-corrected chi connectivity index (χ4v) is 3.99. The monoisotopic (exact) mass is 487 g/mol. The minimum absolute atomic E-state index is 0.0173. The number of carbonyl (C=O) groups excluding carboxylic acids is 3. The predicted molar refractivity (Wildman–Crippen MR) is 115 cm³/mol. The van der Waals surface area contributed by atoms with Gasteiger partial charge in [-0.1, -0.05) is 19.1 Å². The molecule has 1 saturated heterocycles. The molecule has 33 heavy (non-hydrogen) atoms. The maximum Gasteiger partial charge on any atom is 0.530 e. The predicted octanol–water partition coefficient (Wildman–Crippen LogP) is 2.33. The smallest absolute Gasteiger partial charge is 0.461 e. The van der Waals surface area contributed by atoms with Crippen molar-refractivity contribution in [3.63, 3.8) is 0 Å². The van der Waals surface area contributed by atoms with Gasteiger partial charge in [-0.3, -0.25) is 28.3 Å². The maximum atomic E-state index is 13.0. The normalized spacial score (nSPS) is 17.8. The fraction of sp³-hybridized carbons (Fsp3) is 0.571. The Hall–Kier alpha value is -2.30. The van der Waals surface area contributed by atoms with E-state index in [0.717, 1.165) is 5.56 Å². The molecular formula is C21H30NO10P. The second-order valence-electron chi connectivity index (χ2n) is 7.22. The lowest BCUT2D eigenvalue weighted by atomic mass is 10.1. The van der Waals surface area contributed by atoms with Crippen molar-refractivity contribution < 1.29 is 46.7 Å². The molecule has 2 unspecified atom stereocenters. The van der Waals surface area contributed by atoms with Gasteiger partial charge in [-0.05, 0) is 17.7 Å². The number of rotatable bonds is 15. The van der Waals surface area contributed by atoms with Gasteiger partial charge in [0.2, 0.25) is 11.8 Å². The zero-order chi connectivity index (χ0) is 24.3. The van der Waals surface area contributed by atoms with Gasteiger partial charge in [0.05, 0.1) is 39.6 Å². The van der Waals surface area contributed by atoms with Gasteiger partial charge < -0.3 is 18.7 Å². The summed E-state index contributed by atoms with van der Waals surface area (Å²) in [6.45, 7) is 3.54.